The van der Waals surface area contributed by atoms with Crippen LogP contribution in [0.3, 0.4) is 0 Å². The molecule has 2 fully saturated rings. The van der Waals surface area contributed by atoms with Gasteiger partial charge in [-0.15, -0.1) is 0 Å². The zero-order valence-electron chi connectivity index (χ0n) is 11.9. The first-order valence-electron chi connectivity index (χ1n) is 7.34. The van der Waals surface area contributed by atoms with Gasteiger partial charge in [-0.25, -0.2) is 0 Å². The van der Waals surface area contributed by atoms with Crippen LogP contribution < -0.4 is 4.74 Å². The number of ether oxygens (including phenoxy) is 3. The maximum atomic E-state index is 9.81. The van der Waals surface area contributed by atoms with E-state index in [0.717, 1.165) is 37.2 Å². The van der Waals surface area contributed by atoms with Crippen molar-refractivity contribution in [3.05, 3.63) is 29.8 Å². The molecule has 0 radical (unpaired) electrons. The summed E-state index contributed by atoms with van der Waals surface area (Å²) in [6.07, 6.45) is 2.31. The van der Waals surface area contributed by atoms with E-state index >= 15 is 0 Å². The zero-order chi connectivity index (χ0) is 14.0. The lowest BCUT2D eigenvalue weighted by Crippen LogP contribution is -2.44. The van der Waals surface area contributed by atoms with Gasteiger partial charge in [-0.3, -0.25) is 0 Å². The maximum Gasteiger partial charge on any atom is 0.125 e. The van der Waals surface area contributed by atoms with Crippen molar-refractivity contribution in [2.45, 2.75) is 44.0 Å². The molecule has 2 aliphatic rings. The van der Waals surface area contributed by atoms with Crippen LogP contribution in [0.1, 0.15) is 37.9 Å². The summed E-state index contributed by atoms with van der Waals surface area (Å²) in [5, 5.41) is 9.81. The van der Waals surface area contributed by atoms with Crippen molar-refractivity contribution in [2.24, 2.45) is 0 Å². The molecule has 110 valence electrons. The average Bonchev–Trinajstić information content (AvgIpc) is 2.87. The number of rotatable bonds is 3. The highest BCUT2D eigenvalue weighted by atomic mass is 16.6. The highest BCUT2D eigenvalue weighted by molar-refractivity contribution is 5.35. The second-order valence-corrected chi connectivity index (χ2v) is 5.78. The number of hydrogen-bond donors (Lipinski definition) is 1. The molecular formula is C16H22O4. The van der Waals surface area contributed by atoms with Crippen LogP contribution in [-0.4, -0.2) is 36.6 Å². The molecule has 0 amide bonds. The molecule has 2 heterocycles. The molecule has 4 heteroatoms. The molecule has 1 N–H and O–H groups in total. The van der Waals surface area contributed by atoms with Gasteiger partial charge in [-0.05, 0) is 13.0 Å². The van der Waals surface area contributed by atoms with Crippen LogP contribution >= 0.6 is 0 Å². The van der Waals surface area contributed by atoms with Gasteiger partial charge in [0.15, 0.2) is 0 Å². The van der Waals surface area contributed by atoms with Gasteiger partial charge >= 0.3 is 0 Å². The predicted octanol–water partition coefficient (Wildman–Crippen LogP) is 2.46. The van der Waals surface area contributed by atoms with E-state index in [2.05, 4.69) is 0 Å². The summed E-state index contributed by atoms with van der Waals surface area (Å²) in [7, 11) is 0. The molecule has 2 unspecified atom stereocenters. The second kappa shape index (κ2) is 5.72. The molecule has 0 aromatic heterocycles. The molecule has 0 saturated carbocycles. The summed E-state index contributed by atoms with van der Waals surface area (Å²) in [5.41, 5.74) is 0.693. The predicted molar refractivity (Wildman–Crippen MR) is 74.8 cm³/mol. The Kier molecular flexibility index (Phi) is 3.96. The van der Waals surface area contributed by atoms with Gasteiger partial charge in [0, 0.05) is 31.4 Å². The van der Waals surface area contributed by atoms with Crippen molar-refractivity contribution >= 4 is 0 Å². The molecular weight excluding hydrogens is 256 g/mol. The fourth-order valence-corrected chi connectivity index (χ4v) is 3.06. The molecule has 4 nitrogen and oxygen atoms in total. The van der Waals surface area contributed by atoms with Crippen LogP contribution in [0.5, 0.6) is 5.75 Å². The Balaban J connectivity index is 1.71. The van der Waals surface area contributed by atoms with Crippen LogP contribution in [0, 0.1) is 0 Å². The van der Waals surface area contributed by atoms with Gasteiger partial charge < -0.3 is 19.3 Å². The lowest BCUT2D eigenvalue weighted by atomic mass is 9.91. The summed E-state index contributed by atoms with van der Waals surface area (Å²) in [6.45, 7) is 3.92. The van der Waals surface area contributed by atoms with Crippen molar-refractivity contribution in [1.82, 2.24) is 0 Å². The maximum absolute atomic E-state index is 9.81. The number of aliphatic hydroxyl groups is 1. The fourth-order valence-electron chi connectivity index (χ4n) is 3.06. The Morgan fingerprint density at radius 1 is 1.35 bits per heavy atom. The first kappa shape index (κ1) is 13.9. The van der Waals surface area contributed by atoms with Crippen LogP contribution in [0.15, 0.2) is 24.3 Å². The van der Waals surface area contributed by atoms with E-state index in [9.17, 15) is 5.11 Å². The van der Waals surface area contributed by atoms with E-state index in [1.807, 2.05) is 24.3 Å². The Bertz CT molecular complexity index is 452. The summed E-state index contributed by atoms with van der Waals surface area (Å²) in [5.74, 6) is 0.781. The van der Waals surface area contributed by atoms with Crippen molar-refractivity contribution in [3.63, 3.8) is 0 Å². The van der Waals surface area contributed by atoms with Gasteiger partial charge in [0.25, 0.3) is 0 Å². The Hall–Kier alpha value is -1.10. The second-order valence-electron chi connectivity index (χ2n) is 5.78. The summed E-state index contributed by atoms with van der Waals surface area (Å²) < 4.78 is 17.5. The smallest absolute Gasteiger partial charge is 0.125 e. The molecule has 1 aromatic carbocycles. The van der Waals surface area contributed by atoms with Crippen LogP contribution in [0.25, 0.3) is 0 Å². The highest BCUT2D eigenvalue weighted by Gasteiger charge is 2.41. The molecule has 20 heavy (non-hydrogen) atoms. The molecule has 0 aliphatic carbocycles. The van der Waals surface area contributed by atoms with E-state index < -0.39 is 6.10 Å². The van der Waals surface area contributed by atoms with E-state index in [-0.39, 0.29) is 11.7 Å². The highest BCUT2D eigenvalue weighted by Crippen LogP contribution is 2.35. The van der Waals surface area contributed by atoms with Crippen molar-refractivity contribution in [1.29, 1.82) is 0 Å². The molecule has 3 atom stereocenters. The molecule has 0 bridgehead atoms. The lowest BCUT2D eigenvalue weighted by molar-refractivity contribution is -0.112. The summed E-state index contributed by atoms with van der Waals surface area (Å²) in [4.78, 5) is 0. The number of para-hydroxylation sites is 1. The molecule has 1 spiro atoms. The lowest BCUT2D eigenvalue weighted by Gasteiger charge is -2.37. The Morgan fingerprint density at radius 2 is 2.20 bits per heavy atom. The van der Waals surface area contributed by atoms with E-state index in [4.69, 9.17) is 14.2 Å². The van der Waals surface area contributed by atoms with Gasteiger partial charge in [0.2, 0.25) is 0 Å². The van der Waals surface area contributed by atoms with Crippen LogP contribution in [0.2, 0.25) is 0 Å². The third-order valence-corrected chi connectivity index (χ3v) is 4.18. The Labute approximate surface area is 119 Å². The third kappa shape index (κ3) is 2.82. The van der Waals surface area contributed by atoms with Gasteiger partial charge in [0.05, 0.1) is 24.9 Å². The first-order valence-corrected chi connectivity index (χ1v) is 7.34. The SMILES string of the molecule is C[C@H](O)c1ccccc1OC1CCOC2(CCOC2)C1. The minimum absolute atomic E-state index is 0.130. The molecule has 2 saturated heterocycles. The van der Waals surface area contributed by atoms with Crippen molar-refractivity contribution in [2.75, 3.05) is 19.8 Å². The van der Waals surface area contributed by atoms with Crippen molar-refractivity contribution < 1.29 is 19.3 Å². The van der Waals surface area contributed by atoms with E-state index in [1.165, 1.54) is 0 Å². The number of aliphatic hydroxyl groups excluding tert-OH is 1. The molecule has 2 aliphatic heterocycles. The third-order valence-electron chi connectivity index (χ3n) is 4.18. The normalized spacial score (nSPS) is 31.4. The molecule has 1 aromatic rings. The molecule has 3 rings (SSSR count). The van der Waals surface area contributed by atoms with E-state index in [0.29, 0.717) is 13.2 Å². The standard InChI is InChI=1S/C16H22O4/c1-12(17)14-4-2-3-5-15(14)20-13-6-8-19-16(10-13)7-9-18-11-16/h2-5,12-13,17H,6-11H2,1H3/t12-,13?,16?/m0/s1. The zero-order valence-corrected chi connectivity index (χ0v) is 11.9. The topological polar surface area (TPSA) is 47.9 Å². The summed E-state index contributed by atoms with van der Waals surface area (Å²) in [6, 6.07) is 7.70. The minimum atomic E-state index is -0.519. The summed E-state index contributed by atoms with van der Waals surface area (Å²) >= 11 is 0. The quantitative estimate of drug-likeness (QED) is 0.922. The largest absolute Gasteiger partial charge is 0.490 e. The monoisotopic (exact) mass is 278 g/mol. The first-order chi connectivity index (χ1) is 9.69. The van der Waals surface area contributed by atoms with Crippen molar-refractivity contribution in [3.8, 4) is 5.75 Å². The van der Waals surface area contributed by atoms with Crippen LogP contribution in [0.4, 0.5) is 0 Å². The van der Waals surface area contributed by atoms with Gasteiger partial charge in [-0.2, -0.15) is 0 Å². The van der Waals surface area contributed by atoms with Gasteiger partial charge in [-0.1, -0.05) is 18.2 Å². The average molecular weight is 278 g/mol. The van der Waals surface area contributed by atoms with E-state index in [1.54, 1.807) is 6.92 Å². The van der Waals surface area contributed by atoms with Gasteiger partial charge in [0.1, 0.15) is 11.9 Å². The van der Waals surface area contributed by atoms with Crippen LogP contribution in [-0.2, 0) is 9.47 Å². The fraction of sp³-hybridized carbons (Fsp3) is 0.625. The Morgan fingerprint density at radius 3 is 2.95 bits per heavy atom. The number of benzene rings is 1. The number of hydrogen-bond acceptors (Lipinski definition) is 4. The minimum Gasteiger partial charge on any atom is -0.490 e.